The molecule has 2 heteroatoms. The maximum absolute atomic E-state index is 5.87. The second-order valence-electron chi connectivity index (χ2n) is 5.30. The monoisotopic (exact) mass is 206 g/mol. The third kappa shape index (κ3) is 3.15. The summed E-state index contributed by atoms with van der Waals surface area (Å²) in [5.41, 5.74) is 9.19. The van der Waals surface area contributed by atoms with Gasteiger partial charge in [0.15, 0.2) is 0 Å². The molecule has 0 aliphatic carbocycles. The molecule has 0 amide bonds. The van der Waals surface area contributed by atoms with E-state index in [2.05, 4.69) is 39.1 Å². The van der Waals surface area contributed by atoms with Crippen molar-refractivity contribution in [2.45, 2.75) is 40.7 Å². The number of hydrogen-bond acceptors (Lipinski definition) is 2. The number of nitrogens with one attached hydrogen (secondary N) is 1. The smallest absolute Gasteiger partial charge is 0.0364 e. The van der Waals surface area contributed by atoms with Crippen molar-refractivity contribution in [3.63, 3.8) is 0 Å². The van der Waals surface area contributed by atoms with Crippen molar-refractivity contribution in [3.8, 4) is 0 Å². The molecule has 0 fully saturated rings. The molecule has 1 rings (SSSR count). The number of aryl methyl sites for hydroxylation is 1. The molecule has 3 N–H and O–H groups in total. The van der Waals surface area contributed by atoms with E-state index in [4.69, 9.17) is 5.73 Å². The van der Waals surface area contributed by atoms with Crippen LogP contribution in [0.3, 0.4) is 0 Å². The van der Waals surface area contributed by atoms with E-state index in [1.807, 2.05) is 19.1 Å². The SMILES string of the molecule is Cc1ccc(NC(C)C(C)(C)C)cc1N. The highest BCUT2D eigenvalue weighted by atomic mass is 14.9. The number of anilines is 2. The molecule has 1 aromatic carbocycles. The van der Waals surface area contributed by atoms with Crippen molar-refractivity contribution in [1.82, 2.24) is 0 Å². The van der Waals surface area contributed by atoms with Crippen molar-refractivity contribution < 1.29 is 0 Å². The van der Waals surface area contributed by atoms with Gasteiger partial charge in [-0.05, 0) is 37.0 Å². The predicted octanol–water partition coefficient (Wildman–Crippen LogP) is 3.42. The van der Waals surface area contributed by atoms with E-state index in [9.17, 15) is 0 Å². The topological polar surface area (TPSA) is 38.0 Å². The van der Waals surface area contributed by atoms with Crippen LogP contribution in [0.2, 0.25) is 0 Å². The first-order valence-electron chi connectivity index (χ1n) is 5.43. The molecule has 1 atom stereocenters. The summed E-state index contributed by atoms with van der Waals surface area (Å²) in [6.45, 7) is 10.9. The third-order valence-corrected chi connectivity index (χ3v) is 2.96. The lowest BCUT2D eigenvalue weighted by molar-refractivity contribution is 0.359. The third-order valence-electron chi connectivity index (χ3n) is 2.96. The van der Waals surface area contributed by atoms with Crippen LogP contribution in [0.15, 0.2) is 18.2 Å². The first kappa shape index (κ1) is 11.9. The Morgan fingerprint density at radius 2 is 1.87 bits per heavy atom. The van der Waals surface area contributed by atoms with Crippen LogP contribution in [0.25, 0.3) is 0 Å². The zero-order valence-corrected chi connectivity index (χ0v) is 10.4. The van der Waals surface area contributed by atoms with Gasteiger partial charge in [-0.3, -0.25) is 0 Å². The summed E-state index contributed by atoms with van der Waals surface area (Å²) in [6, 6.07) is 6.54. The number of nitrogen functional groups attached to an aromatic ring is 1. The second kappa shape index (κ2) is 4.13. The predicted molar refractivity (Wildman–Crippen MR) is 68.1 cm³/mol. The number of nitrogens with two attached hydrogens (primary N) is 1. The van der Waals surface area contributed by atoms with Crippen LogP contribution in [-0.4, -0.2) is 6.04 Å². The largest absolute Gasteiger partial charge is 0.398 e. The minimum Gasteiger partial charge on any atom is -0.398 e. The minimum absolute atomic E-state index is 0.250. The molecule has 0 aliphatic rings. The van der Waals surface area contributed by atoms with Gasteiger partial charge >= 0.3 is 0 Å². The Morgan fingerprint density at radius 3 is 2.33 bits per heavy atom. The summed E-state index contributed by atoms with van der Waals surface area (Å²) in [6.07, 6.45) is 0. The Bertz CT molecular complexity index is 337. The van der Waals surface area contributed by atoms with E-state index < -0.39 is 0 Å². The lowest BCUT2D eigenvalue weighted by Crippen LogP contribution is -2.30. The van der Waals surface area contributed by atoms with Crippen LogP contribution in [0, 0.1) is 12.3 Å². The first-order chi connectivity index (χ1) is 6.80. The zero-order valence-electron chi connectivity index (χ0n) is 10.4. The molecule has 15 heavy (non-hydrogen) atoms. The maximum Gasteiger partial charge on any atom is 0.0364 e. The molecule has 0 saturated carbocycles. The van der Waals surface area contributed by atoms with Crippen LogP contribution < -0.4 is 11.1 Å². The van der Waals surface area contributed by atoms with E-state index in [-0.39, 0.29) is 5.41 Å². The van der Waals surface area contributed by atoms with Crippen molar-refractivity contribution in [1.29, 1.82) is 0 Å². The fraction of sp³-hybridized carbons (Fsp3) is 0.538. The summed E-state index contributed by atoms with van der Waals surface area (Å²) in [5, 5.41) is 3.47. The molecule has 0 radical (unpaired) electrons. The summed E-state index contributed by atoms with van der Waals surface area (Å²) in [7, 11) is 0. The molecular formula is C13H22N2. The molecular weight excluding hydrogens is 184 g/mol. The minimum atomic E-state index is 0.250. The van der Waals surface area contributed by atoms with Crippen LogP contribution in [0.1, 0.15) is 33.3 Å². The van der Waals surface area contributed by atoms with Gasteiger partial charge < -0.3 is 11.1 Å². The van der Waals surface area contributed by atoms with Gasteiger partial charge in [-0.15, -0.1) is 0 Å². The van der Waals surface area contributed by atoms with Crippen molar-refractivity contribution in [2.75, 3.05) is 11.1 Å². The van der Waals surface area contributed by atoms with Crippen molar-refractivity contribution >= 4 is 11.4 Å². The number of rotatable bonds is 2. The molecule has 84 valence electrons. The van der Waals surface area contributed by atoms with Gasteiger partial charge in [-0.2, -0.15) is 0 Å². The highest BCUT2D eigenvalue weighted by Gasteiger charge is 2.19. The first-order valence-corrected chi connectivity index (χ1v) is 5.43. The molecule has 0 bridgehead atoms. The average molecular weight is 206 g/mol. The highest BCUT2D eigenvalue weighted by Crippen LogP contribution is 2.24. The van der Waals surface area contributed by atoms with Gasteiger partial charge in [-0.25, -0.2) is 0 Å². The molecule has 2 nitrogen and oxygen atoms in total. The Morgan fingerprint density at radius 1 is 1.27 bits per heavy atom. The van der Waals surface area contributed by atoms with Gasteiger partial charge in [0.25, 0.3) is 0 Å². The van der Waals surface area contributed by atoms with Crippen LogP contribution in [0.5, 0.6) is 0 Å². The summed E-state index contributed by atoms with van der Waals surface area (Å²) < 4.78 is 0. The maximum atomic E-state index is 5.87. The Hall–Kier alpha value is -1.18. The van der Waals surface area contributed by atoms with E-state index in [0.29, 0.717) is 6.04 Å². The molecule has 0 heterocycles. The quantitative estimate of drug-likeness (QED) is 0.728. The number of benzene rings is 1. The molecule has 0 aliphatic heterocycles. The van der Waals surface area contributed by atoms with Gasteiger partial charge in [0, 0.05) is 17.4 Å². The molecule has 0 spiro atoms. The standard InChI is InChI=1S/C13H22N2/c1-9-6-7-11(8-12(9)14)15-10(2)13(3,4)5/h6-8,10,15H,14H2,1-5H3. The fourth-order valence-electron chi connectivity index (χ4n) is 1.20. The van der Waals surface area contributed by atoms with Crippen LogP contribution in [-0.2, 0) is 0 Å². The summed E-state index contributed by atoms with van der Waals surface area (Å²) >= 11 is 0. The van der Waals surface area contributed by atoms with Gasteiger partial charge in [0.1, 0.15) is 0 Å². The fourth-order valence-corrected chi connectivity index (χ4v) is 1.20. The molecule has 1 aromatic rings. The van der Waals surface area contributed by atoms with E-state index in [0.717, 1.165) is 16.9 Å². The molecule has 0 aromatic heterocycles. The van der Waals surface area contributed by atoms with Gasteiger partial charge in [0.05, 0.1) is 0 Å². The van der Waals surface area contributed by atoms with Gasteiger partial charge in [-0.1, -0.05) is 26.8 Å². The van der Waals surface area contributed by atoms with E-state index in [1.165, 1.54) is 0 Å². The second-order valence-corrected chi connectivity index (χ2v) is 5.30. The Kier molecular flexibility index (Phi) is 3.28. The van der Waals surface area contributed by atoms with Crippen LogP contribution >= 0.6 is 0 Å². The highest BCUT2D eigenvalue weighted by molar-refractivity contribution is 5.58. The van der Waals surface area contributed by atoms with E-state index in [1.54, 1.807) is 0 Å². The average Bonchev–Trinajstić information content (AvgIpc) is 2.10. The lowest BCUT2D eigenvalue weighted by atomic mass is 9.88. The molecule has 1 unspecified atom stereocenters. The normalized spacial score (nSPS) is 13.7. The number of hydrogen-bond donors (Lipinski definition) is 2. The molecule has 0 saturated heterocycles. The van der Waals surface area contributed by atoms with Crippen molar-refractivity contribution in [3.05, 3.63) is 23.8 Å². The van der Waals surface area contributed by atoms with Gasteiger partial charge in [0.2, 0.25) is 0 Å². The summed E-state index contributed by atoms with van der Waals surface area (Å²) in [5.74, 6) is 0. The van der Waals surface area contributed by atoms with E-state index >= 15 is 0 Å². The lowest BCUT2D eigenvalue weighted by Gasteiger charge is -2.29. The van der Waals surface area contributed by atoms with Crippen molar-refractivity contribution in [2.24, 2.45) is 5.41 Å². The summed E-state index contributed by atoms with van der Waals surface area (Å²) in [4.78, 5) is 0. The van der Waals surface area contributed by atoms with Crippen LogP contribution in [0.4, 0.5) is 11.4 Å². The Balaban J connectivity index is 2.78. The Labute approximate surface area is 92.9 Å². The zero-order chi connectivity index (χ0) is 11.6.